The monoisotopic (exact) mass is 573 g/mol. The van der Waals surface area contributed by atoms with Crippen LogP contribution in [0.5, 0.6) is 0 Å². The van der Waals surface area contributed by atoms with Gasteiger partial charge in [-0.3, -0.25) is 9.89 Å². The normalized spacial score (nSPS) is 15.5. The topological polar surface area (TPSA) is 52.6 Å². The third-order valence-electron chi connectivity index (χ3n) is 5.67. The Bertz CT molecular complexity index is 831. The van der Waals surface area contributed by atoms with Crippen molar-refractivity contribution in [2.24, 2.45) is 10.9 Å². The number of likely N-dealkylation sites (tertiary alicyclic amines) is 1. The van der Waals surface area contributed by atoms with Gasteiger partial charge in [-0.25, -0.2) is 4.98 Å². The number of aryl methyl sites for hydroxylation is 2. The van der Waals surface area contributed by atoms with E-state index < -0.39 is 0 Å². The minimum atomic E-state index is 0. The standard InChI is InChI=1S/C23H35N5S2.HI/c1-5-22-27-20(16-30-22)15-28-10-8-18(9-11-28)13-25-23(24-3)26-14-19-7-6-17(2)12-21(19)29-4;/h6-7,12,16,18H,5,8-11,13-15H2,1-4H3,(H2,24,25,26);1H. The molecule has 0 aliphatic carbocycles. The molecule has 0 amide bonds. The van der Waals surface area contributed by atoms with Crippen molar-refractivity contribution in [2.75, 3.05) is 32.9 Å². The molecule has 0 unspecified atom stereocenters. The van der Waals surface area contributed by atoms with Crippen molar-refractivity contribution in [3.8, 4) is 0 Å². The Morgan fingerprint density at radius 2 is 2.06 bits per heavy atom. The number of rotatable bonds is 8. The van der Waals surface area contributed by atoms with E-state index in [-0.39, 0.29) is 24.0 Å². The van der Waals surface area contributed by atoms with E-state index in [4.69, 9.17) is 4.98 Å². The summed E-state index contributed by atoms with van der Waals surface area (Å²) >= 11 is 3.59. The van der Waals surface area contributed by atoms with Crippen LogP contribution in [0.3, 0.4) is 0 Å². The first kappa shape index (κ1) is 26.4. The minimum Gasteiger partial charge on any atom is -0.356 e. The molecule has 1 saturated heterocycles. The van der Waals surface area contributed by atoms with Gasteiger partial charge in [0.2, 0.25) is 0 Å². The van der Waals surface area contributed by atoms with Crippen LogP contribution in [0.1, 0.15) is 41.6 Å². The number of hydrogen-bond acceptors (Lipinski definition) is 5. The van der Waals surface area contributed by atoms with Crippen LogP contribution in [-0.4, -0.2) is 48.8 Å². The Kier molecular flexibility index (Phi) is 11.6. The summed E-state index contributed by atoms with van der Waals surface area (Å²) < 4.78 is 0. The highest BCUT2D eigenvalue weighted by Crippen LogP contribution is 2.22. The zero-order valence-corrected chi connectivity index (χ0v) is 23.1. The lowest BCUT2D eigenvalue weighted by Crippen LogP contribution is -2.42. The fourth-order valence-corrected chi connectivity index (χ4v) is 5.24. The first-order valence-electron chi connectivity index (χ1n) is 10.8. The summed E-state index contributed by atoms with van der Waals surface area (Å²) in [5, 5.41) is 10.5. The average Bonchev–Trinajstić information content (AvgIpc) is 3.23. The van der Waals surface area contributed by atoms with Gasteiger partial charge in [0.15, 0.2) is 5.96 Å². The number of thioether (sulfide) groups is 1. The van der Waals surface area contributed by atoms with Crippen molar-refractivity contribution in [2.45, 2.75) is 51.1 Å². The van der Waals surface area contributed by atoms with Gasteiger partial charge in [-0.1, -0.05) is 19.1 Å². The van der Waals surface area contributed by atoms with Crippen LogP contribution >= 0.6 is 47.1 Å². The molecule has 1 aromatic heterocycles. The summed E-state index contributed by atoms with van der Waals surface area (Å²) in [6, 6.07) is 6.64. The van der Waals surface area contributed by atoms with E-state index >= 15 is 0 Å². The van der Waals surface area contributed by atoms with E-state index in [0.29, 0.717) is 5.92 Å². The van der Waals surface area contributed by atoms with Gasteiger partial charge in [0, 0.05) is 37.0 Å². The summed E-state index contributed by atoms with van der Waals surface area (Å²) in [6.45, 7) is 9.38. The highest BCUT2D eigenvalue weighted by atomic mass is 127. The largest absolute Gasteiger partial charge is 0.356 e. The maximum absolute atomic E-state index is 4.71. The second-order valence-electron chi connectivity index (χ2n) is 7.93. The van der Waals surface area contributed by atoms with Crippen LogP contribution in [0.4, 0.5) is 0 Å². The molecule has 1 aliphatic heterocycles. The molecule has 8 heteroatoms. The Balaban J connectivity index is 0.00000341. The Hall–Kier alpha value is -0.840. The number of halogens is 1. The number of guanidine groups is 1. The Morgan fingerprint density at radius 3 is 2.71 bits per heavy atom. The summed E-state index contributed by atoms with van der Waals surface area (Å²) in [5.41, 5.74) is 3.86. The summed E-state index contributed by atoms with van der Waals surface area (Å²) in [5.74, 6) is 1.59. The van der Waals surface area contributed by atoms with Gasteiger partial charge in [-0.2, -0.15) is 0 Å². The molecule has 2 heterocycles. The highest BCUT2D eigenvalue weighted by Gasteiger charge is 2.20. The molecule has 1 aromatic carbocycles. The van der Waals surface area contributed by atoms with Crippen molar-refractivity contribution in [1.82, 2.24) is 20.5 Å². The van der Waals surface area contributed by atoms with Crippen molar-refractivity contribution in [1.29, 1.82) is 0 Å². The van der Waals surface area contributed by atoms with E-state index in [0.717, 1.165) is 45.1 Å². The van der Waals surface area contributed by atoms with Crippen molar-refractivity contribution >= 4 is 53.0 Å². The lowest BCUT2D eigenvalue weighted by Gasteiger charge is -2.31. The van der Waals surface area contributed by atoms with Crippen LogP contribution in [0.2, 0.25) is 0 Å². The SMILES string of the molecule is CCc1nc(CN2CCC(CNC(=NC)NCc3ccc(C)cc3SC)CC2)cs1.I. The zero-order valence-electron chi connectivity index (χ0n) is 19.1. The fraction of sp³-hybridized carbons (Fsp3) is 0.565. The molecule has 0 radical (unpaired) electrons. The van der Waals surface area contributed by atoms with Gasteiger partial charge >= 0.3 is 0 Å². The lowest BCUT2D eigenvalue weighted by atomic mass is 9.97. The van der Waals surface area contributed by atoms with E-state index in [1.807, 2.05) is 7.05 Å². The summed E-state index contributed by atoms with van der Waals surface area (Å²) in [4.78, 5) is 13.0. The van der Waals surface area contributed by atoms with Crippen molar-refractivity contribution < 1.29 is 0 Å². The molecular formula is C23H36IN5S2. The highest BCUT2D eigenvalue weighted by molar-refractivity contribution is 14.0. The number of hydrogen-bond donors (Lipinski definition) is 2. The molecule has 3 rings (SSSR count). The molecule has 0 bridgehead atoms. The third-order valence-corrected chi connectivity index (χ3v) is 7.53. The number of aliphatic imine (C=N–C) groups is 1. The number of nitrogens with zero attached hydrogens (tertiary/aromatic N) is 3. The smallest absolute Gasteiger partial charge is 0.191 e. The number of thiazole rings is 1. The molecule has 2 N–H and O–H groups in total. The molecule has 31 heavy (non-hydrogen) atoms. The number of piperidine rings is 1. The Labute approximate surface area is 212 Å². The molecule has 5 nitrogen and oxygen atoms in total. The molecule has 172 valence electrons. The quantitative estimate of drug-likeness (QED) is 0.203. The van der Waals surface area contributed by atoms with Gasteiger partial charge in [-0.05, 0) is 68.6 Å². The zero-order chi connectivity index (χ0) is 21.3. The second kappa shape index (κ2) is 13.6. The molecule has 1 fully saturated rings. The number of benzene rings is 1. The molecule has 0 saturated carbocycles. The molecule has 0 spiro atoms. The van der Waals surface area contributed by atoms with Crippen LogP contribution < -0.4 is 10.6 Å². The van der Waals surface area contributed by atoms with E-state index in [1.165, 1.54) is 39.6 Å². The maximum atomic E-state index is 4.71. The maximum Gasteiger partial charge on any atom is 0.191 e. The number of aromatic nitrogens is 1. The second-order valence-corrected chi connectivity index (χ2v) is 9.72. The average molecular weight is 574 g/mol. The predicted molar refractivity (Wildman–Crippen MR) is 146 cm³/mol. The van der Waals surface area contributed by atoms with Crippen LogP contribution in [0.25, 0.3) is 0 Å². The van der Waals surface area contributed by atoms with Gasteiger partial charge in [0.1, 0.15) is 0 Å². The fourth-order valence-electron chi connectivity index (χ4n) is 3.80. The van der Waals surface area contributed by atoms with E-state index in [9.17, 15) is 0 Å². The van der Waals surface area contributed by atoms with E-state index in [2.05, 4.69) is 64.2 Å². The van der Waals surface area contributed by atoms with Gasteiger partial charge in [0.05, 0.1) is 10.7 Å². The van der Waals surface area contributed by atoms with Crippen LogP contribution in [-0.2, 0) is 19.5 Å². The molecule has 2 aromatic rings. The first-order chi connectivity index (χ1) is 14.6. The first-order valence-corrected chi connectivity index (χ1v) is 12.9. The van der Waals surface area contributed by atoms with Gasteiger partial charge in [-0.15, -0.1) is 47.1 Å². The van der Waals surface area contributed by atoms with E-state index in [1.54, 1.807) is 23.1 Å². The minimum absolute atomic E-state index is 0. The van der Waals surface area contributed by atoms with Gasteiger partial charge < -0.3 is 10.6 Å². The molecule has 0 atom stereocenters. The van der Waals surface area contributed by atoms with Crippen LogP contribution in [0, 0.1) is 12.8 Å². The lowest BCUT2D eigenvalue weighted by molar-refractivity contribution is 0.176. The van der Waals surface area contributed by atoms with Crippen LogP contribution in [0.15, 0.2) is 33.5 Å². The van der Waals surface area contributed by atoms with Crippen molar-refractivity contribution in [3.63, 3.8) is 0 Å². The third kappa shape index (κ3) is 8.22. The molecular weight excluding hydrogens is 537 g/mol. The predicted octanol–water partition coefficient (Wildman–Crippen LogP) is 4.93. The number of nitrogens with one attached hydrogen (secondary N) is 2. The molecule has 1 aliphatic rings. The van der Waals surface area contributed by atoms with Gasteiger partial charge in [0.25, 0.3) is 0 Å². The Morgan fingerprint density at radius 1 is 1.29 bits per heavy atom. The summed E-state index contributed by atoms with van der Waals surface area (Å²) in [7, 11) is 1.85. The summed E-state index contributed by atoms with van der Waals surface area (Å²) in [6.07, 6.45) is 5.62. The van der Waals surface area contributed by atoms with Crippen molar-refractivity contribution in [3.05, 3.63) is 45.4 Å².